The number of likely N-dealkylation sites (N-methyl/N-ethyl adjacent to an activating group) is 1. The highest BCUT2D eigenvalue weighted by Crippen LogP contribution is 2.26. The molecule has 3 heteroatoms. The quantitative estimate of drug-likeness (QED) is 0.716. The summed E-state index contributed by atoms with van der Waals surface area (Å²) < 4.78 is 5.33. The summed E-state index contributed by atoms with van der Waals surface area (Å²) in [4.78, 5) is 2.43. The number of hydrogen-bond acceptors (Lipinski definition) is 3. The smallest absolute Gasteiger partial charge is 0.0590 e. The summed E-state index contributed by atoms with van der Waals surface area (Å²) >= 11 is 0. The lowest BCUT2D eigenvalue weighted by Gasteiger charge is -2.25. The van der Waals surface area contributed by atoms with E-state index in [9.17, 15) is 0 Å². The maximum Gasteiger partial charge on any atom is 0.0590 e. The topological polar surface area (TPSA) is 24.5 Å². The fourth-order valence-electron chi connectivity index (χ4n) is 2.56. The average molecular weight is 286 g/mol. The Balaban J connectivity index is 1.96. The van der Waals surface area contributed by atoms with Crippen LogP contribution in [0.1, 0.15) is 13.8 Å². The Kier molecular flexibility index (Phi) is 6.51. The maximum absolute atomic E-state index is 5.33. The summed E-state index contributed by atoms with van der Waals surface area (Å²) in [5.41, 5.74) is 1.32. The molecule has 2 rings (SSSR count). The van der Waals surface area contributed by atoms with Crippen molar-refractivity contribution in [1.82, 2.24) is 5.32 Å². The zero-order valence-corrected chi connectivity index (χ0v) is 13.1. The summed E-state index contributed by atoms with van der Waals surface area (Å²) in [6.07, 6.45) is 0. The Labute approximate surface area is 127 Å². The molecule has 0 amide bonds. The van der Waals surface area contributed by atoms with Crippen LogP contribution in [0.15, 0.2) is 42.5 Å². The van der Waals surface area contributed by atoms with Gasteiger partial charge >= 0.3 is 0 Å². The molecule has 0 fully saturated rings. The molecule has 0 heterocycles. The number of hydrogen-bond donors (Lipinski definition) is 1. The van der Waals surface area contributed by atoms with Gasteiger partial charge in [0, 0.05) is 43.9 Å². The van der Waals surface area contributed by atoms with Gasteiger partial charge in [0.05, 0.1) is 6.61 Å². The Bertz CT molecular complexity index is 536. The number of ether oxygens (including phenoxy) is 1. The van der Waals surface area contributed by atoms with Crippen LogP contribution in [0.5, 0.6) is 0 Å². The molecule has 2 aromatic rings. The van der Waals surface area contributed by atoms with Gasteiger partial charge in [-0.15, -0.1) is 0 Å². The summed E-state index contributed by atoms with van der Waals surface area (Å²) in [7, 11) is 0. The van der Waals surface area contributed by atoms with Crippen LogP contribution in [0.4, 0.5) is 5.69 Å². The molecular weight excluding hydrogens is 260 g/mol. The van der Waals surface area contributed by atoms with Gasteiger partial charge in [0.2, 0.25) is 0 Å². The molecule has 0 radical (unpaired) electrons. The summed E-state index contributed by atoms with van der Waals surface area (Å²) in [5, 5.41) is 6.07. The Morgan fingerprint density at radius 2 is 1.81 bits per heavy atom. The van der Waals surface area contributed by atoms with Gasteiger partial charge in [0.15, 0.2) is 0 Å². The minimum Gasteiger partial charge on any atom is -0.380 e. The van der Waals surface area contributed by atoms with Crippen LogP contribution < -0.4 is 10.2 Å². The molecule has 0 atom stereocenters. The van der Waals surface area contributed by atoms with Crippen molar-refractivity contribution >= 4 is 16.5 Å². The van der Waals surface area contributed by atoms with E-state index in [4.69, 9.17) is 4.74 Å². The van der Waals surface area contributed by atoms with Crippen LogP contribution in [0, 0.1) is 0 Å². The van der Waals surface area contributed by atoms with Crippen LogP contribution in [0.3, 0.4) is 0 Å². The summed E-state index contributed by atoms with van der Waals surface area (Å²) in [6, 6.07) is 15.1. The zero-order valence-electron chi connectivity index (χ0n) is 13.1. The van der Waals surface area contributed by atoms with Crippen molar-refractivity contribution in [2.75, 3.05) is 44.3 Å². The summed E-state index contributed by atoms with van der Waals surface area (Å²) in [6.45, 7) is 9.74. The molecule has 2 aromatic carbocycles. The van der Waals surface area contributed by atoms with E-state index in [-0.39, 0.29) is 0 Å². The van der Waals surface area contributed by atoms with E-state index < -0.39 is 0 Å². The normalized spacial score (nSPS) is 11.0. The molecule has 0 spiro atoms. The highest BCUT2D eigenvalue weighted by Gasteiger charge is 2.07. The fourth-order valence-corrected chi connectivity index (χ4v) is 2.56. The molecule has 0 saturated heterocycles. The summed E-state index contributed by atoms with van der Waals surface area (Å²) in [5.74, 6) is 0. The van der Waals surface area contributed by atoms with Gasteiger partial charge in [-0.25, -0.2) is 0 Å². The van der Waals surface area contributed by atoms with Gasteiger partial charge in [-0.05, 0) is 25.3 Å². The first-order valence-corrected chi connectivity index (χ1v) is 7.88. The van der Waals surface area contributed by atoms with Gasteiger partial charge in [-0.1, -0.05) is 36.4 Å². The molecule has 0 saturated carbocycles. The number of nitrogens with one attached hydrogen (secondary N) is 1. The molecule has 1 N–H and O–H groups in total. The average Bonchev–Trinajstić information content (AvgIpc) is 2.54. The number of benzene rings is 2. The van der Waals surface area contributed by atoms with Gasteiger partial charge in [-0.3, -0.25) is 0 Å². The minimum atomic E-state index is 0.789. The number of nitrogens with zero attached hydrogens (tertiary/aromatic N) is 1. The van der Waals surface area contributed by atoms with E-state index in [1.54, 1.807) is 0 Å². The zero-order chi connectivity index (χ0) is 14.9. The second kappa shape index (κ2) is 8.65. The molecule has 0 aliphatic heterocycles. The molecule has 3 nitrogen and oxygen atoms in total. The van der Waals surface area contributed by atoms with Crippen molar-refractivity contribution in [3.8, 4) is 0 Å². The lowest BCUT2D eigenvalue weighted by Crippen LogP contribution is -2.33. The van der Waals surface area contributed by atoms with E-state index in [1.165, 1.54) is 16.5 Å². The standard InChI is InChI=1S/C18H26N2O/c1-3-20(14-12-19-13-15-21-4-2)18-11-7-9-16-8-5-6-10-17(16)18/h5-11,19H,3-4,12-15H2,1-2H3. The van der Waals surface area contributed by atoms with Crippen molar-refractivity contribution in [2.45, 2.75) is 13.8 Å². The van der Waals surface area contributed by atoms with Crippen LogP contribution in [0.2, 0.25) is 0 Å². The predicted molar refractivity (Wildman–Crippen MR) is 91.2 cm³/mol. The second-order valence-corrected chi connectivity index (χ2v) is 5.02. The van der Waals surface area contributed by atoms with Crippen molar-refractivity contribution in [3.05, 3.63) is 42.5 Å². The van der Waals surface area contributed by atoms with Crippen molar-refractivity contribution < 1.29 is 4.74 Å². The first-order valence-electron chi connectivity index (χ1n) is 7.88. The number of rotatable bonds is 9. The highest BCUT2D eigenvalue weighted by molar-refractivity contribution is 5.94. The number of fused-ring (bicyclic) bond motifs is 1. The third-order valence-electron chi connectivity index (χ3n) is 3.67. The lowest BCUT2D eigenvalue weighted by molar-refractivity contribution is 0.149. The Hall–Kier alpha value is -1.58. The molecule has 0 bridgehead atoms. The first-order chi connectivity index (χ1) is 10.4. The third-order valence-corrected chi connectivity index (χ3v) is 3.67. The van der Waals surface area contributed by atoms with Crippen LogP contribution in [-0.2, 0) is 4.74 Å². The van der Waals surface area contributed by atoms with Crippen molar-refractivity contribution in [1.29, 1.82) is 0 Å². The van der Waals surface area contributed by atoms with E-state index >= 15 is 0 Å². The SMILES string of the molecule is CCOCCNCCN(CC)c1cccc2ccccc12. The minimum absolute atomic E-state index is 0.789. The molecule has 0 unspecified atom stereocenters. The van der Waals surface area contributed by atoms with Gasteiger partial charge < -0.3 is 15.0 Å². The highest BCUT2D eigenvalue weighted by atomic mass is 16.5. The molecule has 21 heavy (non-hydrogen) atoms. The number of anilines is 1. The molecule has 0 aliphatic carbocycles. The monoisotopic (exact) mass is 286 g/mol. The first kappa shape index (κ1) is 15.8. The van der Waals surface area contributed by atoms with Crippen molar-refractivity contribution in [2.24, 2.45) is 0 Å². The van der Waals surface area contributed by atoms with E-state index in [0.29, 0.717) is 0 Å². The van der Waals surface area contributed by atoms with E-state index in [1.807, 2.05) is 6.92 Å². The Morgan fingerprint density at radius 1 is 1.00 bits per heavy atom. The lowest BCUT2D eigenvalue weighted by atomic mass is 10.1. The maximum atomic E-state index is 5.33. The largest absolute Gasteiger partial charge is 0.380 e. The van der Waals surface area contributed by atoms with Crippen molar-refractivity contribution in [3.63, 3.8) is 0 Å². The molecular formula is C18H26N2O. The molecule has 0 aromatic heterocycles. The van der Waals surface area contributed by atoms with E-state index in [2.05, 4.69) is 59.6 Å². The van der Waals surface area contributed by atoms with Crippen LogP contribution in [0.25, 0.3) is 10.8 Å². The van der Waals surface area contributed by atoms with Crippen LogP contribution >= 0.6 is 0 Å². The second-order valence-electron chi connectivity index (χ2n) is 5.02. The Morgan fingerprint density at radius 3 is 2.62 bits per heavy atom. The third kappa shape index (κ3) is 4.45. The predicted octanol–water partition coefficient (Wildman–Crippen LogP) is 3.29. The fraction of sp³-hybridized carbons (Fsp3) is 0.444. The van der Waals surface area contributed by atoms with E-state index in [0.717, 1.165) is 39.4 Å². The molecule has 0 aliphatic rings. The molecule has 114 valence electrons. The van der Waals surface area contributed by atoms with Gasteiger partial charge in [0.1, 0.15) is 0 Å². The van der Waals surface area contributed by atoms with Gasteiger partial charge in [-0.2, -0.15) is 0 Å². The van der Waals surface area contributed by atoms with Crippen LogP contribution in [-0.4, -0.2) is 39.4 Å². The van der Waals surface area contributed by atoms with Gasteiger partial charge in [0.25, 0.3) is 0 Å².